The molecule has 6 heteroatoms. The van der Waals surface area contributed by atoms with Crippen molar-refractivity contribution in [3.8, 4) is 0 Å². The summed E-state index contributed by atoms with van der Waals surface area (Å²) in [4.78, 5) is 4.27. The Balaban J connectivity index is 1.40. The van der Waals surface area contributed by atoms with Gasteiger partial charge in [0.1, 0.15) is 0 Å². The third-order valence-corrected chi connectivity index (χ3v) is 10.1. The Hall–Kier alpha value is -2.90. The summed E-state index contributed by atoms with van der Waals surface area (Å²) >= 11 is 18.7. The molecule has 2 unspecified atom stereocenters. The second-order valence-corrected chi connectivity index (χ2v) is 16.1. The van der Waals surface area contributed by atoms with Gasteiger partial charge in [-0.2, -0.15) is 25.3 Å². The van der Waals surface area contributed by atoms with Crippen molar-refractivity contribution < 1.29 is 0 Å². The highest BCUT2D eigenvalue weighted by Gasteiger charge is 2.42. The number of anilines is 2. The Morgan fingerprint density at radius 2 is 1.49 bits per heavy atom. The van der Waals surface area contributed by atoms with E-state index in [9.17, 15) is 0 Å². The summed E-state index contributed by atoms with van der Waals surface area (Å²) in [6, 6.07) is 21.4. The SMILES string of the molecule is C=C(/C=C/C=C(C)/C=C/C=C1/N(C(C)S)c2ccc3cc(S)ccc3c2C1(C)C)C(C)(C)c1c(NC(C)S)ccc2cc(S)ccc12. The molecule has 1 aliphatic rings. The number of thiol groups is 4. The molecule has 0 aromatic heterocycles. The smallest absolute Gasteiger partial charge is 0.0739 e. The van der Waals surface area contributed by atoms with E-state index in [4.69, 9.17) is 12.6 Å². The molecule has 1 aliphatic heterocycles. The van der Waals surface area contributed by atoms with Gasteiger partial charge in [-0.05, 0) is 101 Å². The van der Waals surface area contributed by atoms with Crippen LogP contribution >= 0.6 is 50.5 Å². The van der Waals surface area contributed by atoms with Crippen LogP contribution < -0.4 is 10.2 Å². The molecule has 1 heterocycles. The highest BCUT2D eigenvalue weighted by molar-refractivity contribution is 7.81. The molecule has 0 spiro atoms. The van der Waals surface area contributed by atoms with Crippen molar-refractivity contribution in [1.82, 2.24) is 0 Å². The number of nitrogens with one attached hydrogen (secondary N) is 1. The number of benzene rings is 4. The fourth-order valence-corrected chi connectivity index (χ4v) is 7.60. The normalized spacial score (nSPS) is 17.3. The molecule has 0 saturated heterocycles. The Morgan fingerprint density at radius 3 is 2.13 bits per heavy atom. The minimum Gasteiger partial charge on any atom is -0.374 e. The highest BCUT2D eigenvalue weighted by atomic mass is 32.1. The first kappa shape index (κ1) is 35.4. The first-order chi connectivity index (χ1) is 22.1. The molecule has 0 aliphatic carbocycles. The van der Waals surface area contributed by atoms with Gasteiger partial charge in [0.25, 0.3) is 0 Å². The molecule has 2 nitrogen and oxygen atoms in total. The van der Waals surface area contributed by atoms with Crippen molar-refractivity contribution in [2.45, 2.75) is 79.8 Å². The molecule has 47 heavy (non-hydrogen) atoms. The molecule has 244 valence electrons. The molecule has 4 aromatic rings. The van der Waals surface area contributed by atoms with Crippen molar-refractivity contribution >= 4 is 83.4 Å². The van der Waals surface area contributed by atoms with Gasteiger partial charge in [-0.15, -0.1) is 25.3 Å². The predicted octanol–water partition coefficient (Wildman–Crippen LogP) is 12.1. The molecular weight excluding hydrogens is 649 g/mol. The average Bonchev–Trinajstić information content (AvgIpc) is 3.22. The third kappa shape index (κ3) is 7.12. The standard InChI is InChI=1S/C41H46N2S4/c1-25(11-9-13-26(2)40(5,6)38-33-19-17-31(46)23-29(33)15-21-35(38)42-27(3)44)12-10-14-37-41(7,8)39-34-20-18-32(47)24-30(34)16-22-36(39)43(37)28(4)45/h9-24,27-28,42,44-47H,2H2,1,3-8H3/b12-10+,13-9+,25-11+,37-14+. The van der Waals surface area contributed by atoms with Crippen LogP contribution in [-0.2, 0) is 10.8 Å². The minimum atomic E-state index is -0.337. The van der Waals surface area contributed by atoms with Crippen molar-refractivity contribution in [2.24, 2.45) is 0 Å². The van der Waals surface area contributed by atoms with E-state index in [-0.39, 0.29) is 21.6 Å². The molecule has 1 N–H and O–H groups in total. The lowest BCUT2D eigenvalue weighted by atomic mass is 9.75. The van der Waals surface area contributed by atoms with E-state index in [2.05, 4.69) is 187 Å². The summed E-state index contributed by atoms with van der Waals surface area (Å²) in [6.07, 6.45) is 12.9. The molecule has 2 atom stereocenters. The molecular formula is C41H46N2S4. The summed E-state index contributed by atoms with van der Waals surface area (Å²) in [5.74, 6) is 0. The van der Waals surface area contributed by atoms with E-state index in [1.807, 2.05) is 13.0 Å². The Morgan fingerprint density at radius 1 is 0.872 bits per heavy atom. The lowest BCUT2D eigenvalue weighted by molar-refractivity contribution is 0.634. The first-order valence-corrected chi connectivity index (χ1v) is 17.9. The molecule has 4 aromatic carbocycles. The van der Waals surface area contributed by atoms with Gasteiger partial charge in [-0.1, -0.05) is 94.5 Å². The first-order valence-electron chi connectivity index (χ1n) is 16.0. The van der Waals surface area contributed by atoms with Crippen LogP contribution in [-0.4, -0.2) is 10.7 Å². The zero-order valence-corrected chi connectivity index (χ0v) is 31.9. The zero-order chi connectivity index (χ0) is 34.3. The van der Waals surface area contributed by atoms with Gasteiger partial charge < -0.3 is 10.2 Å². The maximum atomic E-state index is 4.90. The van der Waals surface area contributed by atoms with Crippen molar-refractivity contribution in [3.63, 3.8) is 0 Å². The number of fused-ring (bicyclic) bond motifs is 4. The van der Waals surface area contributed by atoms with Crippen molar-refractivity contribution in [2.75, 3.05) is 10.2 Å². The van der Waals surface area contributed by atoms with Crippen LogP contribution in [0.5, 0.6) is 0 Å². The zero-order valence-electron chi connectivity index (χ0n) is 28.3. The Bertz CT molecular complexity index is 1970. The van der Waals surface area contributed by atoms with Gasteiger partial charge in [0.05, 0.1) is 10.7 Å². The van der Waals surface area contributed by atoms with Gasteiger partial charge >= 0.3 is 0 Å². The molecule has 0 amide bonds. The third-order valence-electron chi connectivity index (χ3n) is 9.20. The van der Waals surface area contributed by atoms with Crippen LogP contribution in [0.15, 0.2) is 130 Å². The highest BCUT2D eigenvalue weighted by Crippen LogP contribution is 2.52. The van der Waals surface area contributed by atoms with Crippen LogP contribution in [0.3, 0.4) is 0 Å². The summed E-state index contributed by atoms with van der Waals surface area (Å²) in [6.45, 7) is 19.9. The maximum Gasteiger partial charge on any atom is 0.0739 e. The fourth-order valence-electron chi connectivity index (χ4n) is 6.78. The molecule has 0 fully saturated rings. The van der Waals surface area contributed by atoms with Crippen LogP contribution in [0.25, 0.3) is 21.5 Å². The van der Waals surface area contributed by atoms with Gasteiger partial charge in [-0.3, -0.25) is 0 Å². The quantitative estimate of drug-likeness (QED) is 0.0681. The van der Waals surface area contributed by atoms with Gasteiger partial charge in [0.15, 0.2) is 0 Å². The van der Waals surface area contributed by atoms with Crippen LogP contribution in [0.4, 0.5) is 11.4 Å². The van der Waals surface area contributed by atoms with E-state index < -0.39 is 0 Å². The van der Waals surface area contributed by atoms with Crippen LogP contribution in [0.2, 0.25) is 0 Å². The van der Waals surface area contributed by atoms with E-state index >= 15 is 0 Å². The van der Waals surface area contributed by atoms with E-state index in [1.54, 1.807) is 0 Å². The van der Waals surface area contributed by atoms with Gasteiger partial charge in [0.2, 0.25) is 0 Å². The lowest BCUT2D eigenvalue weighted by Crippen LogP contribution is -2.30. The monoisotopic (exact) mass is 694 g/mol. The number of hydrogen-bond acceptors (Lipinski definition) is 6. The average molecular weight is 695 g/mol. The summed E-state index contributed by atoms with van der Waals surface area (Å²) < 4.78 is 0. The minimum absolute atomic E-state index is 0.00921. The summed E-state index contributed by atoms with van der Waals surface area (Å²) in [5.41, 5.74) is 7.68. The summed E-state index contributed by atoms with van der Waals surface area (Å²) in [7, 11) is 0. The van der Waals surface area contributed by atoms with E-state index in [0.29, 0.717) is 0 Å². The van der Waals surface area contributed by atoms with E-state index in [0.717, 1.165) is 32.0 Å². The van der Waals surface area contributed by atoms with Gasteiger partial charge in [-0.25, -0.2) is 0 Å². The van der Waals surface area contributed by atoms with Crippen LogP contribution in [0, 0.1) is 0 Å². The molecule has 0 radical (unpaired) electrons. The van der Waals surface area contributed by atoms with Crippen molar-refractivity contribution in [1.29, 1.82) is 0 Å². The second kappa shape index (κ2) is 13.9. The van der Waals surface area contributed by atoms with Crippen molar-refractivity contribution in [3.05, 3.63) is 132 Å². The molecule has 5 rings (SSSR count). The fraction of sp³-hybridized carbons (Fsp3) is 0.268. The maximum absolute atomic E-state index is 4.90. The van der Waals surface area contributed by atoms with E-state index in [1.165, 1.54) is 38.7 Å². The number of rotatable bonds is 9. The molecule has 0 bridgehead atoms. The second-order valence-electron chi connectivity index (χ2n) is 13.5. The van der Waals surface area contributed by atoms with Gasteiger partial charge in [0, 0.05) is 37.7 Å². The largest absolute Gasteiger partial charge is 0.374 e. The Kier molecular flexibility index (Phi) is 10.5. The topological polar surface area (TPSA) is 15.3 Å². The predicted molar refractivity (Wildman–Crippen MR) is 221 cm³/mol. The van der Waals surface area contributed by atoms with Crippen LogP contribution in [0.1, 0.15) is 59.6 Å². The number of allylic oxidation sites excluding steroid dienone is 9. The Labute approximate surface area is 303 Å². The lowest BCUT2D eigenvalue weighted by Gasteiger charge is -2.31. The number of hydrogen-bond donors (Lipinski definition) is 5. The summed E-state index contributed by atoms with van der Waals surface area (Å²) in [5, 5.41) is 8.38. The number of nitrogens with zero attached hydrogens (tertiary/aromatic N) is 1. The molecule has 0 saturated carbocycles.